The quantitative estimate of drug-likeness (QED) is 0.477. The molecule has 0 aromatic carbocycles. The van der Waals surface area contributed by atoms with E-state index < -0.39 is 11.9 Å². The fourth-order valence-electron chi connectivity index (χ4n) is 0.751. The molecule has 64 valence electrons. The number of carboxylic acid groups (broad SMARTS) is 2. The molecule has 4 heteroatoms. The number of carbonyl (C=O) groups excluding carboxylic acids is 2. The highest BCUT2D eigenvalue weighted by Gasteiger charge is 2.01. The van der Waals surface area contributed by atoms with Gasteiger partial charge in [0.2, 0.25) is 0 Å². The Morgan fingerprint density at radius 3 is 2.18 bits per heavy atom. The largest absolute Gasteiger partial charge is 0.550 e. The third kappa shape index (κ3) is 6.83. The summed E-state index contributed by atoms with van der Waals surface area (Å²) in [5.41, 5.74) is 0. The van der Waals surface area contributed by atoms with E-state index in [4.69, 9.17) is 0 Å². The van der Waals surface area contributed by atoms with Crippen molar-refractivity contribution in [3.8, 4) is 0 Å². The zero-order valence-electron chi connectivity index (χ0n) is 6.33. The topological polar surface area (TPSA) is 80.3 Å². The van der Waals surface area contributed by atoms with Gasteiger partial charge >= 0.3 is 0 Å². The fourth-order valence-corrected chi connectivity index (χ4v) is 0.751. The van der Waals surface area contributed by atoms with Crippen LogP contribution in [0, 0.1) is 5.92 Å². The van der Waals surface area contributed by atoms with Crippen molar-refractivity contribution in [2.45, 2.75) is 26.2 Å². The first-order chi connectivity index (χ1) is 5.02. The van der Waals surface area contributed by atoms with E-state index in [0.717, 1.165) is 0 Å². The van der Waals surface area contributed by atoms with Crippen LogP contribution in [-0.2, 0) is 9.59 Å². The van der Waals surface area contributed by atoms with E-state index in [1.807, 2.05) is 0 Å². The Hall–Kier alpha value is -1.06. The van der Waals surface area contributed by atoms with Crippen molar-refractivity contribution >= 4 is 11.9 Å². The van der Waals surface area contributed by atoms with Crippen LogP contribution in [0.1, 0.15) is 26.2 Å². The van der Waals surface area contributed by atoms with Crippen molar-refractivity contribution in [2.75, 3.05) is 0 Å². The lowest BCUT2D eigenvalue weighted by atomic mass is 10.0. The van der Waals surface area contributed by atoms with Crippen LogP contribution in [0.15, 0.2) is 0 Å². The lowest BCUT2D eigenvalue weighted by Gasteiger charge is -2.11. The summed E-state index contributed by atoms with van der Waals surface area (Å²) in [5, 5.41) is 19.9. The minimum absolute atomic E-state index is 0.0888. The second kappa shape index (κ2) is 4.71. The average Bonchev–Trinajstić information content (AvgIpc) is 1.82. The smallest absolute Gasteiger partial charge is 0.0416 e. The summed E-state index contributed by atoms with van der Waals surface area (Å²) in [7, 11) is 0. The SMILES string of the molecule is CC(CCC(=O)[O-])CC(=O)[O-]. The maximum Gasteiger partial charge on any atom is 0.0416 e. The molecule has 11 heavy (non-hydrogen) atoms. The molecule has 0 rings (SSSR count). The molecule has 0 aliphatic carbocycles. The van der Waals surface area contributed by atoms with E-state index in [2.05, 4.69) is 0 Å². The van der Waals surface area contributed by atoms with E-state index in [-0.39, 0.29) is 18.8 Å². The Bertz CT molecular complexity index is 153. The van der Waals surface area contributed by atoms with Gasteiger partial charge in [-0.25, -0.2) is 0 Å². The normalized spacial score (nSPS) is 12.5. The van der Waals surface area contributed by atoms with Gasteiger partial charge in [-0.15, -0.1) is 0 Å². The van der Waals surface area contributed by atoms with Crippen LogP contribution in [0.2, 0.25) is 0 Å². The Kier molecular flexibility index (Phi) is 4.26. The van der Waals surface area contributed by atoms with E-state index in [9.17, 15) is 19.8 Å². The number of hydrogen-bond acceptors (Lipinski definition) is 4. The first-order valence-electron chi connectivity index (χ1n) is 3.42. The van der Waals surface area contributed by atoms with Gasteiger partial charge in [-0.05, 0) is 25.2 Å². The maximum atomic E-state index is 9.98. The molecular formula is C7H10O4-2. The molecule has 0 heterocycles. The molecule has 0 aromatic rings. The summed E-state index contributed by atoms with van der Waals surface area (Å²) >= 11 is 0. The first kappa shape index (κ1) is 9.94. The zero-order valence-corrected chi connectivity index (χ0v) is 6.33. The van der Waals surface area contributed by atoms with Gasteiger partial charge in [0.25, 0.3) is 0 Å². The van der Waals surface area contributed by atoms with Gasteiger partial charge in [-0.2, -0.15) is 0 Å². The lowest BCUT2D eigenvalue weighted by Crippen LogP contribution is -2.26. The predicted octanol–water partition coefficient (Wildman–Crippen LogP) is -1.71. The molecule has 0 saturated heterocycles. The molecule has 4 nitrogen and oxygen atoms in total. The van der Waals surface area contributed by atoms with E-state index in [1.54, 1.807) is 6.92 Å². The highest BCUT2D eigenvalue weighted by Crippen LogP contribution is 2.08. The zero-order chi connectivity index (χ0) is 8.85. The summed E-state index contributed by atoms with van der Waals surface area (Å²) in [4.78, 5) is 19.9. The van der Waals surface area contributed by atoms with E-state index in [1.165, 1.54) is 0 Å². The van der Waals surface area contributed by atoms with Crippen molar-refractivity contribution in [1.82, 2.24) is 0 Å². The number of rotatable bonds is 5. The Morgan fingerprint density at radius 2 is 1.82 bits per heavy atom. The van der Waals surface area contributed by atoms with Gasteiger partial charge < -0.3 is 19.8 Å². The second-order valence-electron chi connectivity index (χ2n) is 2.59. The Labute approximate surface area is 64.8 Å². The van der Waals surface area contributed by atoms with Gasteiger partial charge in [-0.3, -0.25) is 0 Å². The molecule has 0 fully saturated rings. The first-order valence-corrected chi connectivity index (χ1v) is 3.42. The lowest BCUT2D eigenvalue weighted by molar-refractivity contribution is -0.309. The van der Waals surface area contributed by atoms with Gasteiger partial charge in [0.05, 0.1) is 0 Å². The third-order valence-corrected chi connectivity index (χ3v) is 1.36. The molecule has 0 aromatic heterocycles. The summed E-state index contributed by atoms with van der Waals surface area (Å²) < 4.78 is 0. The summed E-state index contributed by atoms with van der Waals surface area (Å²) in [6, 6.07) is 0. The molecule has 0 radical (unpaired) electrons. The fraction of sp³-hybridized carbons (Fsp3) is 0.714. The average molecular weight is 158 g/mol. The van der Waals surface area contributed by atoms with E-state index in [0.29, 0.717) is 6.42 Å². The highest BCUT2D eigenvalue weighted by atomic mass is 16.4. The van der Waals surface area contributed by atoms with Crippen molar-refractivity contribution in [2.24, 2.45) is 5.92 Å². The van der Waals surface area contributed by atoms with Gasteiger partial charge in [0.15, 0.2) is 0 Å². The molecule has 1 atom stereocenters. The minimum atomic E-state index is -1.14. The van der Waals surface area contributed by atoms with Gasteiger partial charge in [0, 0.05) is 11.9 Å². The van der Waals surface area contributed by atoms with Gasteiger partial charge in [0.1, 0.15) is 0 Å². The Balaban J connectivity index is 3.44. The summed E-state index contributed by atoms with van der Waals surface area (Å²) in [6.07, 6.45) is 0.151. The number of hydrogen-bond donors (Lipinski definition) is 0. The minimum Gasteiger partial charge on any atom is -0.550 e. The van der Waals surface area contributed by atoms with Gasteiger partial charge in [-0.1, -0.05) is 6.92 Å². The molecule has 0 N–H and O–H groups in total. The third-order valence-electron chi connectivity index (χ3n) is 1.36. The van der Waals surface area contributed by atoms with Crippen molar-refractivity contribution in [3.63, 3.8) is 0 Å². The van der Waals surface area contributed by atoms with Crippen LogP contribution < -0.4 is 10.2 Å². The van der Waals surface area contributed by atoms with Crippen LogP contribution in [0.5, 0.6) is 0 Å². The molecule has 0 saturated carbocycles. The molecule has 0 aliphatic rings. The molecule has 0 amide bonds. The number of carbonyl (C=O) groups is 2. The van der Waals surface area contributed by atoms with Crippen LogP contribution in [0.4, 0.5) is 0 Å². The van der Waals surface area contributed by atoms with Crippen LogP contribution in [0.25, 0.3) is 0 Å². The Morgan fingerprint density at radius 1 is 1.27 bits per heavy atom. The van der Waals surface area contributed by atoms with Crippen LogP contribution >= 0.6 is 0 Å². The standard InChI is InChI=1S/C7H12O4/c1-5(4-7(10)11)2-3-6(8)9/h5H,2-4H2,1H3,(H,8,9)(H,10,11)/p-2. The maximum absolute atomic E-state index is 9.98. The predicted molar refractivity (Wildman–Crippen MR) is 33.0 cm³/mol. The molecule has 0 bridgehead atoms. The summed E-state index contributed by atoms with van der Waals surface area (Å²) in [5.74, 6) is -2.44. The second-order valence-corrected chi connectivity index (χ2v) is 2.59. The number of aliphatic carboxylic acids is 2. The molecule has 1 unspecified atom stereocenters. The van der Waals surface area contributed by atoms with E-state index >= 15 is 0 Å². The summed E-state index contributed by atoms with van der Waals surface area (Å²) in [6.45, 7) is 1.67. The molecule has 0 spiro atoms. The van der Waals surface area contributed by atoms with Crippen molar-refractivity contribution in [3.05, 3.63) is 0 Å². The molecule has 0 aliphatic heterocycles. The highest BCUT2D eigenvalue weighted by molar-refractivity contribution is 5.65. The van der Waals surface area contributed by atoms with Crippen LogP contribution in [0.3, 0.4) is 0 Å². The number of carboxylic acids is 2. The monoisotopic (exact) mass is 158 g/mol. The van der Waals surface area contributed by atoms with Crippen LogP contribution in [-0.4, -0.2) is 11.9 Å². The van der Waals surface area contributed by atoms with Crippen molar-refractivity contribution < 1.29 is 19.8 Å². The molecular weight excluding hydrogens is 148 g/mol. The van der Waals surface area contributed by atoms with Crippen molar-refractivity contribution in [1.29, 1.82) is 0 Å².